The number of carboxylic acids is 1. The topological polar surface area (TPSA) is 80.9 Å². The van der Waals surface area contributed by atoms with Crippen LogP contribution in [-0.2, 0) is 11.3 Å². The number of carboxylic acid groups (broad SMARTS) is 1. The summed E-state index contributed by atoms with van der Waals surface area (Å²) >= 11 is 5.72. The Morgan fingerprint density at radius 3 is 2.80 bits per heavy atom. The number of benzene rings is 1. The van der Waals surface area contributed by atoms with Crippen LogP contribution in [0.2, 0.25) is 5.02 Å². The second kappa shape index (κ2) is 5.16. The van der Waals surface area contributed by atoms with Gasteiger partial charge in [-0.05, 0) is 42.5 Å². The maximum Gasteiger partial charge on any atom is 0.310 e. The molecule has 0 saturated carbocycles. The lowest BCUT2D eigenvalue weighted by Crippen LogP contribution is -2.30. The molecule has 0 radical (unpaired) electrons. The van der Waals surface area contributed by atoms with Gasteiger partial charge in [0.05, 0.1) is 17.0 Å². The molecule has 1 aromatic heterocycles. The monoisotopic (exact) mass is 298 g/mol. The summed E-state index contributed by atoms with van der Waals surface area (Å²) in [4.78, 5) is 11.1. The van der Waals surface area contributed by atoms with E-state index in [1.807, 2.05) is 0 Å². The van der Waals surface area contributed by atoms with Gasteiger partial charge in [0.25, 0.3) is 0 Å². The van der Waals surface area contributed by atoms with Crippen LogP contribution in [0, 0.1) is 11.2 Å². The molecule has 0 amide bonds. The van der Waals surface area contributed by atoms with E-state index in [2.05, 4.69) is 15.5 Å². The smallest absolute Gasteiger partial charge is 0.310 e. The number of aromatic nitrogens is 4. The molecule has 0 aliphatic rings. The number of hydrogen-bond acceptors (Lipinski definition) is 4. The number of aliphatic carboxylic acids is 1. The van der Waals surface area contributed by atoms with E-state index >= 15 is 0 Å². The lowest BCUT2D eigenvalue weighted by atomic mass is 9.94. The minimum atomic E-state index is -1.03. The number of halogens is 2. The molecular formula is C12H12ClFN4O2. The molecule has 0 spiro atoms. The van der Waals surface area contributed by atoms with Crippen molar-refractivity contribution >= 4 is 17.6 Å². The third kappa shape index (κ3) is 2.77. The average molecular weight is 299 g/mol. The van der Waals surface area contributed by atoms with E-state index in [0.29, 0.717) is 11.4 Å². The van der Waals surface area contributed by atoms with E-state index in [1.54, 1.807) is 13.8 Å². The molecule has 0 fully saturated rings. The molecule has 0 aliphatic heterocycles. The van der Waals surface area contributed by atoms with Gasteiger partial charge in [-0.3, -0.25) is 4.79 Å². The van der Waals surface area contributed by atoms with Crippen LogP contribution in [0.3, 0.4) is 0 Å². The molecule has 20 heavy (non-hydrogen) atoms. The second-order valence-electron chi connectivity index (χ2n) is 4.98. The Balaban J connectivity index is 2.38. The highest BCUT2D eigenvalue weighted by Crippen LogP contribution is 2.25. The largest absolute Gasteiger partial charge is 0.481 e. The Hall–Kier alpha value is -2.02. The van der Waals surface area contributed by atoms with Gasteiger partial charge >= 0.3 is 5.97 Å². The standard InChI is InChI=1S/C12H12ClFN4O2/c1-12(2,11(19)20)6-18-10(15-16-17-18)7-3-4-9(14)8(13)5-7/h3-5H,6H2,1-2H3,(H,19,20). The molecular weight excluding hydrogens is 287 g/mol. The van der Waals surface area contributed by atoms with Crippen LogP contribution in [0.1, 0.15) is 13.8 Å². The van der Waals surface area contributed by atoms with Crippen molar-refractivity contribution in [2.75, 3.05) is 0 Å². The molecule has 0 bridgehead atoms. The Morgan fingerprint density at radius 1 is 1.50 bits per heavy atom. The second-order valence-corrected chi connectivity index (χ2v) is 5.39. The van der Waals surface area contributed by atoms with Crippen LogP contribution in [-0.4, -0.2) is 31.3 Å². The summed E-state index contributed by atoms with van der Waals surface area (Å²) in [5.41, 5.74) is -0.517. The molecule has 0 saturated heterocycles. The predicted octanol–water partition coefficient (Wildman–Crippen LogP) is 2.24. The van der Waals surface area contributed by atoms with Gasteiger partial charge in [0, 0.05) is 5.56 Å². The predicted molar refractivity (Wildman–Crippen MR) is 69.6 cm³/mol. The number of carbonyl (C=O) groups is 1. The minimum Gasteiger partial charge on any atom is -0.481 e. The molecule has 0 aliphatic carbocycles. The van der Waals surface area contributed by atoms with Crippen LogP contribution >= 0.6 is 11.6 Å². The first-order chi connectivity index (χ1) is 9.31. The molecule has 1 aromatic carbocycles. The van der Waals surface area contributed by atoms with Gasteiger partial charge in [0.1, 0.15) is 5.82 Å². The number of nitrogens with zero attached hydrogens (tertiary/aromatic N) is 4. The first kappa shape index (κ1) is 14.4. The van der Waals surface area contributed by atoms with Gasteiger partial charge in [-0.15, -0.1) is 5.10 Å². The minimum absolute atomic E-state index is 0.0467. The zero-order valence-corrected chi connectivity index (χ0v) is 11.6. The number of hydrogen-bond donors (Lipinski definition) is 1. The van der Waals surface area contributed by atoms with Crippen molar-refractivity contribution in [2.24, 2.45) is 5.41 Å². The summed E-state index contributed by atoms with van der Waals surface area (Å²) in [5, 5.41) is 20.2. The van der Waals surface area contributed by atoms with Crippen molar-refractivity contribution in [3.63, 3.8) is 0 Å². The number of rotatable bonds is 4. The van der Waals surface area contributed by atoms with Crippen LogP contribution < -0.4 is 0 Å². The highest BCUT2D eigenvalue weighted by atomic mass is 35.5. The molecule has 8 heteroatoms. The summed E-state index contributed by atoms with van der Waals surface area (Å²) in [6.07, 6.45) is 0. The fourth-order valence-electron chi connectivity index (χ4n) is 1.60. The average Bonchev–Trinajstić information content (AvgIpc) is 2.80. The van der Waals surface area contributed by atoms with Crippen molar-refractivity contribution in [1.82, 2.24) is 20.2 Å². The Bertz CT molecular complexity index is 657. The van der Waals surface area contributed by atoms with Crippen molar-refractivity contribution < 1.29 is 14.3 Å². The lowest BCUT2D eigenvalue weighted by Gasteiger charge is -2.19. The van der Waals surface area contributed by atoms with Crippen molar-refractivity contribution in [3.8, 4) is 11.4 Å². The third-order valence-corrected chi connectivity index (χ3v) is 3.12. The van der Waals surface area contributed by atoms with Gasteiger partial charge in [-0.1, -0.05) is 11.6 Å². The summed E-state index contributed by atoms with van der Waals surface area (Å²) in [7, 11) is 0. The van der Waals surface area contributed by atoms with Crippen LogP contribution in [0.15, 0.2) is 18.2 Å². The van der Waals surface area contributed by atoms with Gasteiger partial charge in [0.2, 0.25) is 0 Å². The normalized spacial score (nSPS) is 11.6. The molecule has 2 rings (SSSR count). The first-order valence-corrected chi connectivity index (χ1v) is 6.14. The SMILES string of the molecule is CC(C)(Cn1nnnc1-c1ccc(F)c(Cl)c1)C(=O)O. The fourth-order valence-corrected chi connectivity index (χ4v) is 1.78. The third-order valence-electron chi connectivity index (χ3n) is 2.83. The van der Waals surface area contributed by atoms with E-state index in [0.717, 1.165) is 0 Å². The Morgan fingerprint density at radius 2 is 2.20 bits per heavy atom. The summed E-state index contributed by atoms with van der Waals surface area (Å²) in [6.45, 7) is 3.22. The molecule has 1 heterocycles. The quantitative estimate of drug-likeness (QED) is 0.936. The fraction of sp³-hybridized carbons (Fsp3) is 0.333. The zero-order valence-electron chi connectivity index (χ0n) is 10.8. The maximum absolute atomic E-state index is 13.1. The van der Waals surface area contributed by atoms with Crippen molar-refractivity contribution in [3.05, 3.63) is 29.0 Å². The molecule has 1 N–H and O–H groups in total. The Kier molecular flexibility index (Phi) is 3.71. The van der Waals surface area contributed by atoms with Gasteiger partial charge in [-0.25, -0.2) is 9.07 Å². The van der Waals surface area contributed by atoms with Gasteiger partial charge in [0.15, 0.2) is 5.82 Å². The van der Waals surface area contributed by atoms with E-state index < -0.39 is 17.2 Å². The van der Waals surface area contributed by atoms with E-state index in [1.165, 1.54) is 22.9 Å². The molecule has 0 unspecified atom stereocenters. The highest BCUT2D eigenvalue weighted by Gasteiger charge is 2.29. The van der Waals surface area contributed by atoms with Crippen molar-refractivity contribution in [2.45, 2.75) is 20.4 Å². The van der Waals surface area contributed by atoms with Crippen molar-refractivity contribution in [1.29, 1.82) is 0 Å². The first-order valence-electron chi connectivity index (χ1n) is 5.76. The summed E-state index contributed by atoms with van der Waals surface area (Å²) in [6, 6.07) is 4.09. The Labute approximate surface area is 119 Å². The van der Waals surface area contributed by atoms with E-state index in [-0.39, 0.29) is 11.6 Å². The maximum atomic E-state index is 13.1. The van der Waals surface area contributed by atoms with Gasteiger partial charge in [-0.2, -0.15) is 0 Å². The van der Waals surface area contributed by atoms with Crippen LogP contribution in [0.25, 0.3) is 11.4 Å². The lowest BCUT2D eigenvalue weighted by molar-refractivity contribution is -0.147. The molecule has 2 aromatic rings. The number of tetrazole rings is 1. The van der Waals surface area contributed by atoms with Gasteiger partial charge < -0.3 is 5.11 Å². The summed E-state index contributed by atoms with van der Waals surface area (Å²) < 4.78 is 14.5. The summed E-state index contributed by atoms with van der Waals surface area (Å²) in [5.74, 6) is -1.17. The molecule has 106 valence electrons. The van der Waals surface area contributed by atoms with E-state index in [4.69, 9.17) is 16.7 Å². The molecule has 6 nitrogen and oxygen atoms in total. The van der Waals surface area contributed by atoms with Crippen LogP contribution in [0.4, 0.5) is 4.39 Å². The van der Waals surface area contributed by atoms with Crippen LogP contribution in [0.5, 0.6) is 0 Å². The van der Waals surface area contributed by atoms with E-state index in [9.17, 15) is 9.18 Å². The zero-order chi connectivity index (χ0) is 14.9. The highest BCUT2D eigenvalue weighted by molar-refractivity contribution is 6.31. The molecule has 0 atom stereocenters.